The zero-order chi connectivity index (χ0) is 19.1. The standard InChI is InChI=1S/C21H20BrFN2O2/c1-26-20-7-6-18(22)17(13-25-12-15-8-10-24-11-9-15)21(20)27-14-16-4-2-3-5-19(16)23/h2-11,25H,12-14H2,1H3. The van der Waals surface area contributed by atoms with Gasteiger partial charge >= 0.3 is 0 Å². The van der Waals surface area contributed by atoms with Gasteiger partial charge in [-0.3, -0.25) is 4.98 Å². The molecule has 0 radical (unpaired) electrons. The SMILES string of the molecule is COc1ccc(Br)c(CNCc2ccncc2)c1OCc1ccccc1F. The molecule has 140 valence electrons. The van der Waals surface area contributed by atoms with Crippen LogP contribution < -0.4 is 14.8 Å². The van der Waals surface area contributed by atoms with Gasteiger partial charge in [-0.05, 0) is 35.9 Å². The number of benzene rings is 2. The van der Waals surface area contributed by atoms with Gasteiger partial charge < -0.3 is 14.8 Å². The van der Waals surface area contributed by atoms with Crippen molar-refractivity contribution in [2.45, 2.75) is 19.7 Å². The highest BCUT2D eigenvalue weighted by Gasteiger charge is 2.15. The normalized spacial score (nSPS) is 10.6. The van der Waals surface area contributed by atoms with E-state index in [9.17, 15) is 4.39 Å². The van der Waals surface area contributed by atoms with E-state index in [0.29, 0.717) is 30.2 Å². The third-order valence-electron chi connectivity index (χ3n) is 4.10. The zero-order valence-electron chi connectivity index (χ0n) is 14.9. The lowest BCUT2D eigenvalue weighted by Gasteiger charge is -2.17. The molecule has 3 rings (SSSR count). The van der Waals surface area contributed by atoms with Gasteiger partial charge in [0.1, 0.15) is 12.4 Å². The fourth-order valence-corrected chi connectivity index (χ4v) is 3.12. The largest absolute Gasteiger partial charge is 0.493 e. The second-order valence-electron chi connectivity index (χ2n) is 5.90. The Labute approximate surface area is 166 Å². The summed E-state index contributed by atoms with van der Waals surface area (Å²) < 4.78 is 26.2. The fourth-order valence-electron chi connectivity index (χ4n) is 2.66. The summed E-state index contributed by atoms with van der Waals surface area (Å²) in [6, 6.07) is 14.2. The van der Waals surface area contributed by atoms with E-state index in [4.69, 9.17) is 9.47 Å². The number of methoxy groups -OCH3 is 1. The van der Waals surface area contributed by atoms with E-state index in [0.717, 1.165) is 15.6 Å². The third kappa shape index (κ3) is 5.05. The van der Waals surface area contributed by atoms with E-state index in [1.54, 1.807) is 37.7 Å². The molecule has 1 heterocycles. The van der Waals surface area contributed by atoms with E-state index in [1.165, 1.54) is 6.07 Å². The number of rotatable bonds is 8. The highest BCUT2D eigenvalue weighted by Crippen LogP contribution is 2.37. The molecule has 0 bridgehead atoms. The Bertz CT molecular complexity index is 891. The molecule has 0 aliphatic rings. The maximum absolute atomic E-state index is 13.9. The van der Waals surface area contributed by atoms with Crippen molar-refractivity contribution in [1.29, 1.82) is 0 Å². The number of pyridine rings is 1. The summed E-state index contributed by atoms with van der Waals surface area (Å²) in [7, 11) is 1.59. The highest BCUT2D eigenvalue weighted by atomic mass is 79.9. The topological polar surface area (TPSA) is 43.4 Å². The summed E-state index contributed by atoms with van der Waals surface area (Å²) in [5.74, 6) is 0.913. The average Bonchev–Trinajstić information content (AvgIpc) is 2.70. The van der Waals surface area contributed by atoms with Gasteiger partial charge in [-0.25, -0.2) is 4.39 Å². The van der Waals surface area contributed by atoms with Gasteiger partial charge in [0, 0.05) is 41.1 Å². The van der Waals surface area contributed by atoms with Crippen molar-refractivity contribution in [3.05, 3.63) is 87.9 Å². The van der Waals surface area contributed by atoms with Crippen LogP contribution in [0.1, 0.15) is 16.7 Å². The molecule has 0 fully saturated rings. The van der Waals surface area contributed by atoms with Crippen LogP contribution in [-0.2, 0) is 19.7 Å². The molecule has 0 amide bonds. The van der Waals surface area contributed by atoms with Crippen molar-refractivity contribution in [2.75, 3.05) is 7.11 Å². The van der Waals surface area contributed by atoms with Crippen LogP contribution in [0.4, 0.5) is 4.39 Å². The molecule has 0 saturated carbocycles. The lowest BCUT2D eigenvalue weighted by molar-refractivity contribution is 0.275. The molecule has 2 aromatic carbocycles. The van der Waals surface area contributed by atoms with Crippen LogP contribution in [0, 0.1) is 5.82 Å². The first-order valence-electron chi connectivity index (χ1n) is 8.50. The molecule has 0 atom stereocenters. The van der Waals surface area contributed by atoms with Crippen molar-refractivity contribution in [3.8, 4) is 11.5 Å². The van der Waals surface area contributed by atoms with Gasteiger partial charge in [-0.1, -0.05) is 34.1 Å². The molecular weight excluding hydrogens is 411 g/mol. The number of halogens is 2. The van der Waals surface area contributed by atoms with Crippen molar-refractivity contribution < 1.29 is 13.9 Å². The smallest absolute Gasteiger partial charge is 0.167 e. The molecule has 27 heavy (non-hydrogen) atoms. The maximum Gasteiger partial charge on any atom is 0.167 e. The van der Waals surface area contributed by atoms with Crippen molar-refractivity contribution in [3.63, 3.8) is 0 Å². The van der Waals surface area contributed by atoms with Gasteiger partial charge in [0.15, 0.2) is 11.5 Å². The van der Waals surface area contributed by atoms with Gasteiger partial charge in [-0.2, -0.15) is 0 Å². The van der Waals surface area contributed by atoms with E-state index in [1.807, 2.05) is 24.3 Å². The van der Waals surface area contributed by atoms with Crippen molar-refractivity contribution in [2.24, 2.45) is 0 Å². The molecule has 0 unspecified atom stereocenters. The second-order valence-corrected chi connectivity index (χ2v) is 6.75. The lowest BCUT2D eigenvalue weighted by Crippen LogP contribution is -2.14. The molecule has 0 saturated heterocycles. The highest BCUT2D eigenvalue weighted by molar-refractivity contribution is 9.10. The van der Waals surface area contributed by atoms with Crippen LogP contribution in [0.5, 0.6) is 11.5 Å². The lowest BCUT2D eigenvalue weighted by atomic mass is 10.1. The molecule has 1 N–H and O–H groups in total. The Morgan fingerprint density at radius 3 is 2.56 bits per heavy atom. The van der Waals surface area contributed by atoms with E-state index < -0.39 is 0 Å². The minimum absolute atomic E-state index is 0.122. The van der Waals surface area contributed by atoms with E-state index >= 15 is 0 Å². The Balaban J connectivity index is 1.76. The summed E-state index contributed by atoms with van der Waals surface area (Å²) in [5, 5.41) is 3.39. The van der Waals surface area contributed by atoms with Crippen LogP contribution in [0.25, 0.3) is 0 Å². The summed E-state index contributed by atoms with van der Waals surface area (Å²) in [6.07, 6.45) is 3.53. The number of nitrogens with zero attached hydrogens (tertiary/aromatic N) is 1. The average molecular weight is 431 g/mol. The summed E-state index contributed by atoms with van der Waals surface area (Å²) in [4.78, 5) is 4.02. The first-order valence-corrected chi connectivity index (χ1v) is 9.29. The molecule has 1 aromatic heterocycles. The quantitative estimate of drug-likeness (QED) is 0.553. The molecular formula is C21H20BrFN2O2. The summed E-state index contributed by atoms with van der Waals surface area (Å²) in [5.41, 5.74) is 2.55. The molecule has 6 heteroatoms. The number of aromatic nitrogens is 1. The monoisotopic (exact) mass is 430 g/mol. The maximum atomic E-state index is 13.9. The van der Waals surface area contributed by atoms with Crippen molar-refractivity contribution in [1.82, 2.24) is 10.3 Å². The number of nitrogens with one attached hydrogen (secondary N) is 1. The summed E-state index contributed by atoms with van der Waals surface area (Å²) in [6.45, 7) is 1.38. The molecule has 3 aromatic rings. The Morgan fingerprint density at radius 1 is 1.04 bits per heavy atom. The minimum Gasteiger partial charge on any atom is -0.493 e. The predicted molar refractivity (Wildman–Crippen MR) is 106 cm³/mol. The first-order chi connectivity index (χ1) is 13.2. The number of hydrogen-bond donors (Lipinski definition) is 1. The van der Waals surface area contributed by atoms with Crippen LogP contribution in [-0.4, -0.2) is 12.1 Å². The first kappa shape index (κ1) is 19.3. The second kappa shape index (κ2) is 9.48. The van der Waals surface area contributed by atoms with Crippen LogP contribution in [0.2, 0.25) is 0 Å². The van der Waals surface area contributed by atoms with Gasteiger partial charge in [0.05, 0.1) is 7.11 Å². The zero-order valence-corrected chi connectivity index (χ0v) is 16.5. The van der Waals surface area contributed by atoms with Crippen LogP contribution >= 0.6 is 15.9 Å². The van der Waals surface area contributed by atoms with E-state index in [-0.39, 0.29) is 12.4 Å². The van der Waals surface area contributed by atoms with E-state index in [2.05, 4.69) is 26.2 Å². The van der Waals surface area contributed by atoms with Gasteiger partial charge in [0.25, 0.3) is 0 Å². The Hall–Kier alpha value is -2.44. The number of hydrogen-bond acceptors (Lipinski definition) is 4. The number of ether oxygens (including phenoxy) is 2. The third-order valence-corrected chi connectivity index (χ3v) is 4.84. The van der Waals surface area contributed by atoms with Crippen LogP contribution in [0.3, 0.4) is 0 Å². The fraction of sp³-hybridized carbons (Fsp3) is 0.190. The molecule has 0 spiro atoms. The minimum atomic E-state index is -0.288. The van der Waals surface area contributed by atoms with Crippen LogP contribution in [0.15, 0.2) is 65.4 Å². The molecule has 0 aliphatic heterocycles. The van der Waals surface area contributed by atoms with Gasteiger partial charge in [0.2, 0.25) is 0 Å². The van der Waals surface area contributed by atoms with Gasteiger partial charge in [-0.15, -0.1) is 0 Å². The molecule has 4 nitrogen and oxygen atoms in total. The Morgan fingerprint density at radius 2 is 1.81 bits per heavy atom. The molecule has 0 aliphatic carbocycles. The summed E-state index contributed by atoms with van der Waals surface area (Å²) >= 11 is 3.58. The Kier molecular flexibility index (Phi) is 6.79. The predicted octanol–water partition coefficient (Wildman–Crippen LogP) is 4.86. The van der Waals surface area contributed by atoms with Crippen molar-refractivity contribution >= 4 is 15.9 Å².